The minimum Gasteiger partial charge on any atom is -0.497 e. The number of ether oxygens (including phenoxy) is 2. The van der Waals surface area contributed by atoms with Gasteiger partial charge in [-0.05, 0) is 47.7 Å². The van der Waals surface area contributed by atoms with Gasteiger partial charge in [-0.15, -0.1) is 0 Å². The molecule has 0 saturated carbocycles. The lowest BCUT2D eigenvalue weighted by molar-refractivity contribution is -0.178. The zero-order valence-electron chi connectivity index (χ0n) is 19.4. The number of hydrogen-bond donors (Lipinski definition) is 3. The number of hydrogen-bond acceptors (Lipinski definition) is 5. The van der Waals surface area contributed by atoms with Crippen LogP contribution >= 0.6 is 11.6 Å². The van der Waals surface area contributed by atoms with Crippen molar-refractivity contribution in [3.05, 3.63) is 70.3 Å². The topological polar surface area (TPSA) is 79.2 Å². The Kier molecular flexibility index (Phi) is 7.18. The molecule has 4 rings (SSSR count). The van der Waals surface area contributed by atoms with Crippen LogP contribution in [0.25, 0.3) is 5.57 Å². The maximum absolute atomic E-state index is 10.4. The molecule has 2 unspecified atom stereocenters. The summed E-state index contributed by atoms with van der Waals surface area (Å²) in [5, 5.41) is 30.8. The lowest BCUT2D eigenvalue weighted by Gasteiger charge is -2.37. The van der Waals surface area contributed by atoms with E-state index in [-0.39, 0.29) is 24.4 Å². The van der Waals surface area contributed by atoms with Crippen molar-refractivity contribution in [2.75, 3.05) is 13.7 Å². The first-order valence-electron chi connectivity index (χ1n) is 11.5. The Morgan fingerprint density at radius 1 is 1.09 bits per heavy atom. The molecule has 1 aliphatic heterocycles. The SMILES string of the molecule is COc1ccc(C(C)(C)C2=CC(CC[C@@H]3OC(CO)C[C@H](O)[C@H]3O)c3cccc(Cl)c32)cc1. The molecule has 5 nitrogen and oxygen atoms in total. The predicted octanol–water partition coefficient (Wildman–Crippen LogP) is 4.46. The Morgan fingerprint density at radius 2 is 1.82 bits per heavy atom. The highest BCUT2D eigenvalue weighted by Crippen LogP contribution is 2.50. The molecule has 3 N–H and O–H groups in total. The zero-order chi connectivity index (χ0) is 23.8. The Hall–Kier alpha value is -1.89. The highest BCUT2D eigenvalue weighted by atomic mass is 35.5. The number of methoxy groups -OCH3 is 1. The predicted molar refractivity (Wildman–Crippen MR) is 130 cm³/mol. The van der Waals surface area contributed by atoms with E-state index in [0.29, 0.717) is 6.42 Å². The van der Waals surface area contributed by atoms with Crippen LogP contribution in [0.1, 0.15) is 55.7 Å². The highest BCUT2D eigenvalue weighted by molar-refractivity contribution is 6.32. The van der Waals surface area contributed by atoms with E-state index >= 15 is 0 Å². The lowest BCUT2D eigenvalue weighted by Crippen LogP contribution is -2.49. The molecular formula is C27H33ClO5. The Labute approximate surface area is 200 Å². The molecule has 5 atom stereocenters. The minimum absolute atomic E-state index is 0.119. The second-order valence-electron chi connectivity index (χ2n) is 9.59. The highest BCUT2D eigenvalue weighted by Gasteiger charge is 2.39. The third-order valence-electron chi connectivity index (χ3n) is 7.18. The summed E-state index contributed by atoms with van der Waals surface area (Å²) >= 11 is 6.71. The van der Waals surface area contributed by atoms with Gasteiger partial charge in [0.15, 0.2) is 0 Å². The minimum atomic E-state index is -0.952. The van der Waals surface area contributed by atoms with Gasteiger partial charge < -0.3 is 24.8 Å². The summed E-state index contributed by atoms with van der Waals surface area (Å²) in [4.78, 5) is 0. The van der Waals surface area contributed by atoms with Crippen LogP contribution in [-0.2, 0) is 10.2 Å². The van der Waals surface area contributed by atoms with E-state index in [0.717, 1.165) is 22.8 Å². The standard InChI is InChI=1S/C27H33ClO5/c1-27(2,17-8-10-18(32-3)11-9-17)21-13-16(20-5-4-6-22(28)25(20)21)7-12-24-26(31)23(30)14-19(15-29)33-24/h4-6,8-11,13,16,19,23-24,26,29-31H,7,12,14-15H2,1-3H3/t16?,19?,23-,24-,26+/m0/s1. The molecule has 2 aliphatic rings. The second-order valence-corrected chi connectivity index (χ2v) is 10.0. The van der Waals surface area contributed by atoms with E-state index in [1.54, 1.807) is 7.11 Å². The third kappa shape index (κ3) is 4.71. The molecule has 178 valence electrons. The first kappa shape index (κ1) is 24.2. The molecule has 0 spiro atoms. The molecule has 1 heterocycles. The van der Waals surface area contributed by atoms with Crippen LogP contribution in [0.15, 0.2) is 48.5 Å². The molecule has 33 heavy (non-hydrogen) atoms. The number of halogens is 1. The van der Waals surface area contributed by atoms with Gasteiger partial charge in [0.2, 0.25) is 0 Å². The molecule has 2 aromatic rings. The van der Waals surface area contributed by atoms with Gasteiger partial charge in [0, 0.05) is 28.3 Å². The molecule has 1 fully saturated rings. The van der Waals surface area contributed by atoms with Gasteiger partial charge in [-0.2, -0.15) is 0 Å². The van der Waals surface area contributed by atoms with E-state index < -0.39 is 24.4 Å². The Balaban J connectivity index is 1.61. The maximum Gasteiger partial charge on any atom is 0.118 e. The van der Waals surface area contributed by atoms with Crippen LogP contribution < -0.4 is 4.74 Å². The largest absolute Gasteiger partial charge is 0.497 e. The summed E-state index contributed by atoms with van der Waals surface area (Å²) in [5.41, 5.74) is 4.31. The van der Waals surface area contributed by atoms with E-state index in [4.69, 9.17) is 21.1 Å². The van der Waals surface area contributed by atoms with Crippen molar-refractivity contribution in [2.24, 2.45) is 0 Å². The van der Waals surface area contributed by atoms with Crippen LogP contribution in [0.3, 0.4) is 0 Å². The van der Waals surface area contributed by atoms with Crippen molar-refractivity contribution in [3.63, 3.8) is 0 Å². The first-order chi connectivity index (χ1) is 15.8. The fourth-order valence-electron chi connectivity index (χ4n) is 5.17. The molecule has 0 bridgehead atoms. The normalized spacial score (nSPS) is 27.2. The number of allylic oxidation sites excluding steroid dienone is 2. The molecule has 6 heteroatoms. The van der Waals surface area contributed by atoms with Crippen LogP contribution in [0.4, 0.5) is 0 Å². The van der Waals surface area contributed by atoms with E-state index in [9.17, 15) is 15.3 Å². The second kappa shape index (κ2) is 9.77. The van der Waals surface area contributed by atoms with Gasteiger partial charge >= 0.3 is 0 Å². The molecular weight excluding hydrogens is 440 g/mol. The molecule has 0 aromatic heterocycles. The van der Waals surface area contributed by atoms with Crippen LogP contribution in [0.5, 0.6) is 5.75 Å². The van der Waals surface area contributed by atoms with Gasteiger partial charge in [0.25, 0.3) is 0 Å². The van der Waals surface area contributed by atoms with Crippen molar-refractivity contribution in [2.45, 2.75) is 68.9 Å². The van der Waals surface area contributed by atoms with Crippen molar-refractivity contribution in [3.8, 4) is 5.75 Å². The van der Waals surface area contributed by atoms with Gasteiger partial charge in [-0.25, -0.2) is 0 Å². The maximum atomic E-state index is 10.4. The summed E-state index contributed by atoms with van der Waals surface area (Å²) < 4.78 is 11.2. The number of aliphatic hydroxyl groups is 3. The van der Waals surface area contributed by atoms with E-state index in [2.05, 4.69) is 38.1 Å². The number of rotatable bonds is 7. The average molecular weight is 473 g/mol. The molecule has 0 radical (unpaired) electrons. The Bertz CT molecular complexity index is 1000. The Morgan fingerprint density at radius 3 is 2.48 bits per heavy atom. The fraction of sp³-hybridized carbons (Fsp3) is 0.481. The average Bonchev–Trinajstić information content (AvgIpc) is 3.20. The van der Waals surface area contributed by atoms with Gasteiger partial charge in [0.05, 0.1) is 32.0 Å². The molecule has 1 aliphatic carbocycles. The van der Waals surface area contributed by atoms with Crippen LogP contribution in [0, 0.1) is 0 Å². The van der Waals surface area contributed by atoms with Crippen molar-refractivity contribution in [1.29, 1.82) is 0 Å². The van der Waals surface area contributed by atoms with E-state index in [1.165, 1.54) is 16.7 Å². The van der Waals surface area contributed by atoms with Crippen molar-refractivity contribution in [1.82, 2.24) is 0 Å². The van der Waals surface area contributed by atoms with Crippen LogP contribution in [-0.4, -0.2) is 53.5 Å². The van der Waals surface area contributed by atoms with Gasteiger partial charge in [-0.3, -0.25) is 0 Å². The molecule has 0 amide bonds. The summed E-state index contributed by atoms with van der Waals surface area (Å²) in [6.07, 6.45) is 1.05. The third-order valence-corrected chi connectivity index (χ3v) is 7.50. The smallest absolute Gasteiger partial charge is 0.118 e. The molecule has 2 aromatic carbocycles. The quantitative estimate of drug-likeness (QED) is 0.554. The van der Waals surface area contributed by atoms with Crippen molar-refractivity contribution >= 4 is 17.2 Å². The summed E-state index contributed by atoms with van der Waals surface area (Å²) in [6.45, 7) is 4.24. The lowest BCUT2D eigenvalue weighted by atomic mass is 9.75. The summed E-state index contributed by atoms with van der Waals surface area (Å²) in [5.74, 6) is 0.939. The van der Waals surface area contributed by atoms with Gasteiger partial charge in [-0.1, -0.05) is 55.8 Å². The van der Waals surface area contributed by atoms with Crippen LogP contribution in [0.2, 0.25) is 5.02 Å². The fourth-order valence-corrected chi connectivity index (χ4v) is 5.45. The monoisotopic (exact) mass is 472 g/mol. The summed E-state index contributed by atoms with van der Waals surface area (Å²) in [6, 6.07) is 14.1. The van der Waals surface area contributed by atoms with Crippen molar-refractivity contribution < 1.29 is 24.8 Å². The number of benzene rings is 2. The first-order valence-corrected chi connectivity index (χ1v) is 11.9. The van der Waals surface area contributed by atoms with Gasteiger partial charge in [0.1, 0.15) is 11.9 Å². The number of fused-ring (bicyclic) bond motifs is 1. The summed E-state index contributed by atoms with van der Waals surface area (Å²) in [7, 11) is 1.66. The number of aliphatic hydroxyl groups excluding tert-OH is 3. The van der Waals surface area contributed by atoms with E-state index in [1.807, 2.05) is 24.3 Å². The zero-order valence-corrected chi connectivity index (χ0v) is 20.1. The molecule has 1 saturated heterocycles.